The number of primary amides is 1. The Morgan fingerprint density at radius 2 is 2.05 bits per heavy atom. The topological polar surface area (TPSA) is 72.2 Å². The highest BCUT2D eigenvalue weighted by molar-refractivity contribution is 7.16. The van der Waals surface area contributed by atoms with E-state index in [0.29, 0.717) is 10.6 Å². The number of hydrogen-bond acceptors (Lipinski definition) is 3. The zero-order valence-electron chi connectivity index (χ0n) is 12.3. The number of carbonyl (C=O) groups excluding carboxylic acids is 2. The smallest absolute Gasteiger partial charge is 0.251 e. The summed E-state index contributed by atoms with van der Waals surface area (Å²) in [5, 5.41) is 3.46. The molecule has 3 rings (SSSR count). The second-order valence-electron chi connectivity index (χ2n) is 5.52. The van der Waals surface area contributed by atoms with Gasteiger partial charge < -0.3 is 11.1 Å². The van der Waals surface area contributed by atoms with Crippen molar-refractivity contribution in [2.24, 2.45) is 11.7 Å². The number of benzene rings is 1. The molecular weight excluding hydrogens is 296 g/mol. The predicted molar refractivity (Wildman–Crippen MR) is 88.1 cm³/mol. The molecule has 2 amide bonds. The minimum absolute atomic E-state index is 0.0182. The lowest BCUT2D eigenvalue weighted by molar-refractivity contribution is -0.117. The van der Waals surface area contributed by atoms with Crippen molar-refractivity contribution < 1.29 is 9.59 Å². The van der Waals surface area contributed by atoms with Gasteiger partial charge in [-0.1, -0.05) is 37.3 Å². The molecule has 1 aliphatic carbocycles. The molecule has 1 aromatic heterocycles. The Bertz CT molecular complexity index is 709. The van der Waals surface area contributed by atoms with E-state index in [0.717, 1.165) is 17.7 Å². The molecule has 1 fully saturated rings. The molecule has 0 bridgehead atoms. The molecule has 0 radical (unpaired) electrons. The average Bonchev–Trinajstić information content (AvgIpc) is 3.22. The first-order valence-electron chi connectivity index (χ1n) is 7.38. The van der Waals surface area contributed by atoms with Crippen LogP contribution in [0.25, 0.3) is 0 Å². The summed E-state index contributed by atoms with van der Waals surface area (Å²) < 4.78 is 0. The van der Waals surface area contributed by atoms with E-state index in [1.165, 1.54) is 16.9 Å². The van der Waals surface area contributed by atoms with Crippen LogP contribution in [-0.2, 0) is 11.2 Å². The van der Waals surface area contributed by atoms with Crippen LogP contribution in [0.15, 0.2) is 36.4 Å². The van der Waals surface area contributed by atoms with Crippen molar-refractivity contribution in [1.29, 1.82) is 0 Å². The van der Waals surface area contributed by atoms with Crippen molar-refractivity contribution >= 4 is 28.2 Å². The number of anilines is 1. The fourth-order valence-corrected chi connectivity index (χ4v) is 3.65. The summed E-state index contributed by atoms with van der Waals surface area (Å²) in [6.45, 7) is 2.01. The molecule has 2 aromatic rings. The van der Waals surface area contributed by atoms with E-state index in [1.807, 2.05) is 37.3 Å². The second-order valence-corrected chi connectivity index (χ2v) is 6.66. The van der Waals surface area contributed by atoms with Gasteiger partial charge in [-0.2, -0.15) is 0 Å². The van der Waals surface area contributed by atoms with Crippen LogP contribution < -0.4 is 11.1 Å². The number of carbonyl (C=O) groups is 2. The molecule has 2 atom stereocenters. The fraction of sp³-hybridized carbons (Fsp3) is 0.294. The Balaban J connectivity index is 1.71. The summed E-state index contributed by atoms with van der Waals surface area (Å²) >= 11 is 1.43. The zero-order valence-corrected chi connectivity index (χ0v) is 13.2. The van der Waals surface area contributed by atoms with Gasteiger partial charge in [0.05, 0.1) is 5.56 Å². The molecule has 3 N–H and O–H groups in total. The highest BCUT2D eigenvalue weighted by Gasteiger charge is 2.44. The van der Waals surface area contributed by atoms with E-state index in [4.69, 9.17) is 5.73 Å². The van der Waals surface area contributed by atoms with Crippen LogP contribution in [0.1, 0.15) is 40.1 Å². The normalized spacial score (nSPS) is 19.7. The quantitative estimate of drug-likeness (QED) is 0.890. The van der Waals surface area contributed by atoms with E-state index in [2.05, 4.69) is 5.32 Å². The first-order chi connectivity index (χ1) is 10.6. The summed E-state index contributed by atoms with van der Waals surface area (Å²) in [5.74, 6) is -0.262. The highest BCUT2D eigenvalue weighted by atomic mass is 32.1. The SMILES string of the molecule is CCc1cc(C(N)=O)c(NC(=O)[C@H]2C[C@@H]2c2ccccc2)s1. The molecule has 0 spiro atoms. The minimum atomic E-state index is -0.498. The van der Waals surface area contributed by atoms with Crippen molar-refractivity contribution in [3.8, 4) is 0 Å². The van der Waals surface area contributed by atoms with Gasteiger partial charge in [0.25, 0.3) is 5.91 Å². The second kappa shape index (κ2) is 5.93. The molecule has 0 aliphatic heterocycles. The summed E-state index contributed by atoms with van der Waals surface area (Å²) in [5.41, 5.74) is 6.99. The van der Waals surface area contributed by atoms with Crippen molar-refractivity contribution in [3.05, 3.63) is 52.4 Å². The molecule has 114 valence electrons. The third-order valence-electron chi connectivity index (χ3n) is 3.99. The monoisotopic (exact) mass is 314 g/mol. The van der Waals surface area contributed by atoms with Crippen LogP contribution in [0, 0.1) is 5.92 Å². The molecule has 22 heavy (non-hydrogen) atoms. The number of amides is 2. The van der Waals surface area contributed by atoms with Gasteiger partial charge in [-0.05, 0) is 30.4 Å². The number of thiophene rings is 1. The number of rotatable bonds is 5. The molecule has 1 aromatic carbocycles. The first-order valence-corrected chi connectivity index (χ1v) is 8.20. The van der Waals surface area contributed by atoms with Gasteiger partial charge in [-0.25, -0.2) is 0 Å². The Morgan fingerprint density at radius 1 is 1.32 bits per heavy atom. The molecule has 5 heteroatoms. The molecule has 1 aliphatic rings. The maximum absolute atomic E-state index is 12.4. The van der Waals surface area contributed by atoms with E-state index in [9.17, 15) is 9.59 Å². The Morgan fingerprint density at radius 3 is 2.68 bits per heavy atom. The summed E-state index contributed by atoms with van der Waals surface area (Å²) in [7, 11) is 0. The molecule has 1 saturated carbocycles. The highest BCUT2D eigenvalue weighted by Crippen LogP contribution is 2.48. The zero-order chi connectivity index (χ0) is 15.7. The van der Waals surface area contributed by atoms with Crippen molar-refractivity contribution in [2.75, 3.05) is 5.32 Å². The molecule has 4 nitrogen and oxygen atoms in total. The minimum Gasteiger partial charge on any atom is -0.366 e. The lowest BCUT2D eigenvalue weighted by atomic mass is 10.1. The number of nitrogens with two attached hydrogens (primary N) is 1. The average molecular weight is 314 g/mol. The van der Waals surface area contributed by atoms with Gasteiger partial charge in [0.1, 0.15) is 5.00 Å². The van der Waals surface area contributed by atoms with Crippen molar-refractivity contribution in [2.45, 2.75) is 25.7 Å². The predicted octanol–water partition coefficient (Wildman–Crippen LogP) is 3.15. The third kappa shape index (κ3) is 2.90. The van der Waals surface area contributed by atoms with Crippen LogP contribution in [0.2, 0.25) is 0 Å². The van der Waals surface area contributed by atoms with Gasteiger partial charge in [0, 0.05) is 10.8 Å². The van der Waals surface area contributed by atoms with Crippen LogP contribution in [0.5, 0.6) is 0 Å². The van der Waals surface area contributed by atoms with Gasteiger partial charge >= 0.3 is 0 Å². The number of aryl methyl sites for hydroxylation is 1. The van der Waals surface area contributed by atoms with Gasteiger partial charge in [0.2, 0.25) is 5.91 Å². The molecule has 0 saturated heterocycles. The van der Waals surface area contributed by atoms with Gasteiger partial charge in [-0.15, -0.1) is 11.3 Å². The van der Waals surface area contributed by atoms with Crippen LogP contribution in [-0.4, -0.2) is 11.8 Å². The van der Waals surface area contributed by atoms with E-state index < -0.39 is 5.91 Å². The summed E-state index contributed by atoms with van der Waals surface area (Å²) in [4.78, 5) is 24.9. The Kier molecular flexibility index (Phi) is 3.98. The molecule has 1 heterocycles. The largest absolute Gasteiger partial charge is 0.366 e. The fourth-order valence-electron chi connectivity index (χ4n) is 2.65. The van der Waals surface area contributed by atoms with Crippen molar-refractivity contribution in [1.82, 2.24) is 0 Å². The lowest BCUT2D eigenvalue weighted by Crippen LogP contribution is -2.18. The van der Waals surface area contributed by atoms with Crippen LogP contribution in [0.3, 0.4) is 0 Å². The lowest BCUT2D eigenvalue weighted by Gasteiger charge is -2.04. The Labute approximate surface area is 133 Å². The summed E-state index contributed by atoms with van der Waals surface area (Å²) in [6, 6.07) is 11.8. The van der Waals surface area contributed by atoms with E-state index in [-0.39, 0.29) is 17.7 Å². The van der Waals surface area contributed by atoms with E-state index in [1.54, 1.807) is 6.07 Å². The van der Waals surface area contributed by atoms with Gasteiger partial charge in [0.15, 0.2) is 0 Å². The van der Waals surface area contributed by atoms with Crippen molar-refractivity contribution in [3.63, 3.8) is 0 Å². The standard InChI is InChI=1S/C17H18N2O2S/c1-2-11-8-14(15(18)20)17(22-11)19-16(21)13-9-12(13)10-6-4-3-5-7-10/h3-8,12-13H,2,9H2,1H3,(H2,18,20)(H,19,21)/t12-,13+/m1/s1. The Hall–Kier alpha value is -2.14. The van der Waals surface area contributed by atoms with Gasteiger partial charge in [-0.3, -0.25) is 9.59 Å². The number of nitrogens with one attached hydrogen (secondary N) is 1. The number of hydrogen-bond donors (Lipinski definition) is 2. The van der Waals surface area contributed by atoms with Crippen LogP contribution in [0.4, 0.5) is 5.00 Å². The first kappa shape index (κ1) is 14.8. The maximum Gasteiger partial charge on any atom is 0.251 e. The molecular formula is C17H18N2O2S. The maximum atomic E-state index is 12.4. The van der Waals surface area contributed by atoms with E-state index >= 15 is 0 Å². The van der Waals surface area contributed by atoms with Crippen LogP contribution >= 0.6 is 11.3 Å². The molecule has 0 unspecified atom stereocenters. The summed E-state index contributed by atoms with van der Waals surface area (Å²) in [6.07, 6.45) is 1.67. The third-order valence-corrected chi connectivity index (χ3v) is 5.18.